The molecule has 5 nitrogen and oxygen atoms in total. The first kappa shape index (κ1) is 21.8. The lowest BCUT2D eigenvalue weighted by Gasteiger charge is -2.30. The van der Waals surface area contributed by atoms with Gasteiger partial charge in [0, 0.05) is 21.6 Å². The molecule has 2 rings (SSSR count). The lowest BCUT2D eigenvalue weighted by atomic mass is 10.1. The van der Waals surface area contributed by atoms with Gasteiger partial charge in [0.25, 0.3) is 0 Å². The van der Waals surface area contributed by atoms with Crippen LogP contribution >= 0.6 is 34.8 Å². The second-order valence-electron chi connectivity index (χ2n) is 5.91. The van der Waals surface area contributed by atoms with Crippen LogP contribution in [0.15, 0.2) is 42.5 Å². The van der Waals surface area contributed by atoms with Gasteiger partial charge >= 0.3 is 0 Å². The normalized spacial score (nSPS) is 12.5. The van der Waals surface area contributed by atoms with Crippen LogP contribution in [0.1, 0.15) is 18.9 Å². The molecule has 0 unspecified atom stereocenters. The molecule has 2 aromatic carbocycles. The van der Waals surface area contributed by atoms with Crippen LogP contribution in [0.5, 0.6) is 0 Å². The number of halogens is 3. The van der Waals surface area contributed by atoms with Crippen molar-refractivity contribution >= 4 is 56.4 Å². The molecule has 0 spiro atoms. The van der Waals surface area contributed by atoms with Crippen molar-refractivity contribution in [2.45, 2.75) is 25.9 Å². The van der Waals surface area contributed by atoms with Gasteiger partial charge in [0.15, 0.2) is 0 Å². The Morgan fingerprint density at radius 1 is 1.07 bits per heavy atom. The van der Waals surface area contributed by atoms with E-state index in [1.54, 1.807) is 49.4 Å². The van der Waals surface area contributed by atoms with Crippen molar-refractivity contribution in [1.82, 2.24) is 5.32 Å². The maximum Gasteiger partial charge on any atom is 0.244 e. The summed E-state index contributed by atoms with van der Waals surface area (Å²) in [6.45, 7) is 1.90. The van der Waals surface area contributed by atoms with E-state index < -0.39 is 22.0 Å². The highest BCUT2D eigenvalue weighted by atomic mass is 35.5. The molecule has 0 fully saturated rings. The smallest absolute Gasteiger partial charge is 0.244 e. The molecule has 0 saturated heterocycles. The Morgan fingerprint density at radius 3 is 2.19 bits per heavy atom. The van der Waals surface area contributed by atoms with Crippen molar-refractivity contribution in [3.8, 4) is 0 Å². The van der Waals surface area contributed by atoms with Gasteiger partial charge in [0.05, 0.1) is 11.9 Å². The Hall–Kier alpha value is -1.47. The van der Waals surface area contributed by atoms with Gasteiger partial charge in [-0.2, -0.15) is 0 Å². The van der Waals surface area contributed by atoms with E-state index in [1.165, 1.54) is 0 Å². The first-order valence-electron chi connectivity index (χ1n) is 8.10. The van der Waals surface area contributed by atoms with Gasteiger partial charge in [-0.3, -0.25) is 9.10 Å². The number of carbonyl (C=O) groups excluding carboxylic acids is 1. The molecule has 0 aliphatic heterocycles. The van der Waals surface area contributed by atoms with Gasteiger partial charge in [0.2, 0.25) is 15.9 Å². The van der Waals surface area contributed by atoms with Gasteiger partial charge in [-0.25, -0.2) is 8.42 Å². The standard InChI is InChI=1S/C18H19Cl3N2O3S/c1-3-17(18(24)22-11-12-4-5-14(20)10-16(12)21)23(27(2,25)26)15-8-6-13(19)7-9-15/h4-10,17H,3,11H2,1-2H3,(H,22,24)/t17-/m1/s1. The first-order chi connectivity index (χ1) is 12.6. The molecule has 27 heavy (non-hydrogen) atoms. The lowest BCUT2D eigenvalue weighted by molar-refractivity contribution is -0.122. The Morgan fingerprint density at radius 2 is 1.67 bits per heavy atom. The number of rotatable bonds is 7. The van der Waals surface area contributed by atoms with Crippen LogP contribution in [-0.4, -0.2) is 26.6 Å². The summed E-state index contributed by atoms with van der Waals surface area (Å²) in [4.78, 5) is 12.7. The molecule has 0 bridgehead atoms. The number of nitrogens with one attached hydrogen (secondary N) is 1. The van der Waals surface area contributed by atoms with E-state index in [0.717, 1.165) is 10.6 Å². The van der Waals surface area contributed by atoms with Gasteiger partial charge < -0.3 is 5.32 Å². The third-order valence-corrected chi connectivity index (χ3v) is 5.90. The molecule has 1 atom stereocenters. The van der Waals surface area contributed by atoms with Crippen LogP contribution in [0.2, 0.25) is 15.1 Å². The van der Waals surface area contributed by atoms with E-state index in [9.17, 15) is 13.2 Å². The first-order valence-corrected chi connectivity index (χ1v) is 11.1. The number of amides is 1. The largest absolute Gasteiger partial charge is 0.350 e. The van der Waals surface area contributed by atoms with E-state index >= 15 is 0 Å². The van der Waals surface area contributed by atoms with Crippen molar-refractivity contribution in [3.63, 3.8) is 0 Å². The zero-order valence-corrected chi connectivity index (χ0v) is 17.8. The molecular weight excluding hydrogens is 431 g/mol. The van der Waals surface area contributed by atoms with Crippen LogP contribution < -0.4 is 9.62 Å². The summed E-state index contributed by atoms with van der Waals surface area (Å²) >= 11 is 17.9. The predicted molar refractivity (Wildman–Crippen MR) is 111 cm³/mol. The topological polar surface area (TPSA) is 66.5 Å². The Labute approximate surface area is 174 Å². The number of sulfonamides is 1. The predicted octanol–water partition coefficient (Wildman–Crippen LogP) is 4.51. The molecule has 0 aliphatic carbocycles. The van der Waals surface area contributed by atoms with Crippen LogP contribution in [0.3, 0.4) is 0 Å². The summed E-state index contributed by atoms with van der Waals surface area (Å²) in [5.41, 5.74) is 1.05. The fourth-order valence-electron chi connectivity index (χ4n) is 2.61. The summed E-state index contributed by atoms with van der Waals surface area (Å²) in [6, 6.07) is 10.3. The maximum atomic E-state index is 12.7. The quantitative estimate of drug-likeness (QED) is 0.676. The summed E-state index contributed by atoms with van der Waals surface area (Å²) in [6.07, 6.45) is 1.35. The summed E-state index contributed by atoms with van der Waals surface area (Å²) in [5, 5.41) is 4.14. The van der Waals surface area contributed by atoms with Gasteiger partial charge in [-0.05, 0) is 48.4 Å². The average Bonchev–Trinajstić information content (AvgIpc) is 2.58. The number of anilines is 1. The maximum absolute atomic E-state index is 12.7. The minimum atomic E-state index is -3.70. The van der Waals surface area contributed by atoms with Crippen molar-refractivity contribution in [3.05, 3.63) is 63.1 Å². The van der Waals surface area contributed by atoms with Crippen molar-refractivity contribution in [2.24, 2.45) is 0 Å². The van der Waals surface area contributed by atoms with Crippen LogP contribution in [0.25, 0.3) is 0 Å². The molecule has 0 aliphatic rings. The minimum absolute atomic E-state index is 0.156. The highest BCUT2D eigenvalue weighted by Crippen LogP contribution is 2.25. The molecule has 0 heterocycles. The summed E-state index contributed by atoms with van der Waals surface area (Å²) in [5.74, 6) is -0.427. The second kappa shape index (κ2) is 9.15. The number of carbonyl (C=O) groups is 1. The molecule has 0 saturated carbocycles. The molecule has 2 aromatic rings. The molecule has 0 aromatic heterocycles. The molecular formula is C18H19Cl3N2O3S. The number of benzene rings is 2. The van der Waals surface area contributed by atoms with Crippen LogP contribution in [-0.2, 0) is 21.4 Å². The Balaban J connectivity index is 2.25. The number of hydrogen-bond acceptors (Lipinski definition) is 3. The van der Waals surface area contributed by atoms with E-state index in [0.29, 0.717) is 26.3 Å². The monoisotopic (exact) mass is 448 g/mol. The number of hydrogen-bond donors (Lipinski definition) is 1. The Kier molecular flexibility index (Phi) is 7.40. The van der Waals surface area contributed by atoms with Gasteiger partial charge in [-0.1, -0.05) is 47.8 Å². The zero-order valence-electron chi connectivity index (χ0n) is 14.7. The van der Waals surface area contributed by atoms with Gasteiger partial charge in [-0.15, -0.1) is 0 Å². The third kappa shape index (κ3) is 5.75. The molecule has 1 amide bonds. The summed E-state index contributed by atoms with van der Waals surface area (Å²) < 4.78 is 25.8. The van der Waals surface area contributed by atoms with E-state index in [1.807, 2.05) is 0 Å². The van der Waals surface area contributed by atoms with Crippen molar-refractivity contribution in [1.29, 1.82) is 0 Å². The molecule has 9 heteroatoms. The highest BCUT2D eigenvalue weighted by molar-refractivity contribution is 7.92. The summed E-state index contributed by atoms with van der Waals surface area (Å²) in [7, 11) is -3.70. The van der Waals surface area contributed by atoms with E-state index in [2.05, 4.69) is 5.32 Å². The fraction of sp³-hybridized carbons (Fsp3) is 0.278. The lowest BCUT2D eigenvalue weighted by Crippen LogP contribution is -2.49. The molecule has 1 N–H and O–H groups in total. The van der Waals surface area contributed by atoms with Crippen molar-refractivity contribution in [2.75, 3.05) is 10.6 Å². The minimum Gasteiger partial charge on any atom is -0.350 e. The zero-order chi connectivity index (χ0) is 20.2. The van der Waals surface area contributed by atoms with Crippen LogP contribution in [0.4, 0.5) is 5.69 Å². The SMILES string of the molecule is CC[C@H](C(=O)NCc1ccc(Cl)cc1Cl)N(c1ccc(Cl)cc1)S(C)(=O)=O. The third-order valence-electron chi connectivity index (χ3n) is 3.88. The van der Waals surface area contributed by atoms with Crippen LogP contribution in [0, 0.1) is 0 Å². The van der Waals surface area contributed by atoms with E-state index in [-0.39, 0.29) is 13.0 Å². The van der Waals surface area contributed by atoms with Crippen molar-refractivity contribution < 1.29 is 13.2 Å². The molecule has 146 valence electrons. The number of nitrogens with zero attached hydrogens (tertiary/aromatic N) is 1. The second-order valence-corrected chi connectivity index (χ2v) is 9.05. The molecule has 0 radical (unpaired) electrons. The average molecular weight is 450 g/mol. The highest BCUT2D eigenvalue weighted by Gasteiger charge is 2.31. The van der Waals surface area contributed by atoms with Gasteiger partial charge in [0.1, 0.15) is 6.04 Å². The Bertz CT molecular complexity index is 918. The van der Waals surface area contributed by atoms with E-state index in [4.69, 9.17) is 34.8 Å². The fourth-order valence-corrected chi connectivity index (χ4v) is 4.43.